The van der Waals surface area contributed by atoms with Gasteiger partial charge in [-0.3, -0.25) is 9.89 Å². The number of nitrogens with one attached hydrogen (secondary N) is 1. The molecule has 0 radical (unpaired) electrons. The van der Waals surface area contributed by atoms with Crippen LogP contribution in [0.2, 0.25) is 5.02 Å². The van der Waals surface area contributed by atoms with E-state index in [-0.39, 0.29) is 11.1 Å². The Balaban J connectivity index is 2.34. The maximum absolute atomic E-state index is 12.9. The molecule has 0 atom stereocenters. The molecule has 3 N–H and O–H groups in total. The van der Waals surface area contributed by atoms with Crippen molar-refractivity contribution in [3.05, 3.63) is 39.3 Å². The molecular weight excluding hydrogens is 300 g/mol. The standard InChI is InChI=1S/C16H19ClN4O/c1-9-13-14(20-19-9)11-8-10(17)4-5-12(11)21(15(13)22)7-6-16(2,3)18/h4-5,8H,6-7,18H2,1-3H3,(H,19,20). The first-order valence-corrected chi connectivity index (χ1v) is 7.61. The molecule has 0 amide bonds. The van der Waals surface area contributed by atoms with Gasteiger partial charge in [0.1, 0.15) is 5.52 Å². The summed E-state index contributed by atoms with van der Waals surface area (Å²) in [4.78, 5) is 12.9. The highest BCUT2D eigenvalue weighted by molar-refractivity contribution is 6.31. The first kappa shape index (κ1) is 15.1. The summed E-state index contributed by atoms with van der Waals surface area (Å²) in [6.45, 7) is 6.32. The fraction of sp³-hybridized carbons (Fsp3) is 0.375. The van der Waals surface area contributed by atoms with Crippen molar-refractivity contribution in [3.8, 4) is 0 Å². The Morgan fingerprint density at radius 2 is 2.14 bits per heavy atom. The van der Waals surface area contributed by atoms with Crippen molar-refractivity contribution in [1.82, 2.24) is 14.8 Å². The van der Waals surface area contributed by atoms with E-state index >= 15 is 0 Å². The van der Waals surface area contributed by atoms with Crippen molar-refractivity contribution in [3.63, 3.8) is 0 Å². The van der Waals surface area contributed by atoms with E-state index in [2.05, 4.69) is 10.2 Å². The molecule has 22 heavy (non-hydrogen) atoms. The molecule has 3 rings (SSSR count). The number of fused-ring (bicyclic) bond motifs is 3. The number of benzene rings is 1. The summed E-state index contributed by atoms with van der Waals surface area (Å²) in [5.74, 6) is 0. The quantitative estimate of drug-likeness (QED) is 0.779. The van der Waals surface area contributed by atoms with E-state index in [4.69, 9.17) is 17.3 Å². The van der Waals surface area contributed by atoms with E-state index in [1.165, 1.54) is 0 Å². The number of H-pyrrole nitrogens is 1. The van der Waals surface area contributed by atoms with Crippen molar-refractivity contribution in [2.75, 3.05) is 0 Å². The van der Waals surface area contributed by atoms with Gasteiger partial charge in [0.15, 0.2) is 0 Å². The molecule has 0 saturated heterocycles. The van der Waals surface area contributed by atoms with Crippen LogP contribution >= 0.6 is 11.6 Å². The van der Waals surface area contributed by atoms with Crippen LogP contribution in [0.4, 0.5) is 0 Å². The van der Waals surface area contributed by atoms with Gasteiger partial charge < -0.3 is 10.3 Å². The summed E-state index contributed by atoms with van der Waals surface area (Å²) in [6.07, 6.45) is 0.701. The maximum Gasteiger partial charge on any atom is 0.262 e. The van der Waals surface area contributed by atoms with Crippen molar-refractivity contribution in [1.29, 1.82) is 0 Å². The molecule has 2 heterocycles. The zero-order chi connectivity index (χ0) is 16.1. The number of hydrogen-bond acceptors (Lipinski definition) is 3. The number of rotatable bonds is 3. The number of halogens is 1. The molecule has 0 bridgehead atoms. The zero-order valence-corrected chi connectivity index (χ0v) is 13.7. The average molecular weight is 319 g/mol. The van der Waals surface area contributed by atoms with E-state index in [1.54, 1.807) is 10.6 Å². The lowest BCUT2D eigenvalue weighted by atomic mass is 10.0. The monoisotopic (exact) mass is 318 g/mol. The van der Waals surface area contributed by atoms with Gasteiger partial charge in [-0.05, 0) is 45.4 Å². The second-order valence-corrected chi connectivity index (χ2v) is 6.87. The van der Waals surface area contributed by atoms with Crippen molar-refractivity contribution in [2.24, 2.45) is 5.73 Å². The third-order valence-corrected chi connectivity index (χ3v) is 4.13. The predicted octanol–water partition coefficient (Wildman–Crippen LogP) is 2.97. The molecule has 0 aliphatic rings. The maximum atomic E-state index is 12.9. The summed E-state index contributed by atoms with van der Waals surface area (Å²) in [5, 5.41) is 9.29. The molecule has 0 aliphatic carbocycles. The van der Waals surface area contributed by atoms with Gasteiger partial charge in [-0.15, -0.1) is 0 Å². The van der Waals surface area contributed by atoms with Gasteiger partial charge in [-0.2, -0.15) is 5.10 Å². The van der Waals surface area contributed by atoms with Crippen LogP contribution in [0.1, 0.15) is 26.0 Å². The van der Waals surface area contributed by atoms with Gasteiger partial charge >= 0.3 is 0 Å². The molecular formula is C16H19ClN4O. The Labute approximate surface area is 133 Å². The molecule has 0 fully saturated rings. The Morgan fingerprint density at radius 3 is 2.82 bits per heavy atom. The third-order valence-electron chi connectivity index (χ3n) is 3.89. The van der Waals surface area contributed by atoms with E-state index in [1.807, 2.05) is 32.9 Å². The molecule has 116 valence electrons. The molecule has 0 spiro atoms. The minimum Gasteiger partial charge on any atom is -0.325 e. The van der Waals surface area contributed by atoms with E-state index < -0.39 is 0 Å². The Bertz CT molecular complexity index is 918. The molecule has 2 aromatic heterocycles. The van der Waals surface area contributed by atoms with Gasteiger partial charge in [-0.1, -0.05) is 11.6 Å². The van der Waals surface area contributed by atoms with Crippen LogP contribution in [-0.4, -0.2) is 20.3 Å². The number of nitrogens with two attached hydrogens (primary N) is 1. The van der Waals surface area contributed by atoms with E-state index in [0.29, 0.717) is 28.9 Å². The van der Waals surface area contributed by atoms with Crippen molar-refractivity contribution < 1.29 is 0 Å². The van der Waals surface area contributed by atoms with Gasteiger partial charge in [0.05, 0.1) is 10.9 Å². The summed E-state index contributed by atoms with van der Waals surface area (Å²) in [6, 6.07) is 5.51. The lowest BCUT2D eigenvalue weighted by molar-refractivity contribution is 0.437. The SMILES string of the molecule is Cc1[nH]nc2c1c(=O)n(CCC(C)(C)N)c1ccc(Cl)cc21. The summed E-state index contributed by atoms with van der Waals surface area (Å²) in [7, 11) is 0. The second kappa shape index (κ2) is 5.11. The predicted molar refractivity (Wildman–Crippen MR) is 90.5 cm³/mol. The van der Waals surface area contributed by atoms with Crippen LogP contribution in [0.25, 0.3) is 21.8 Å². The van der Waals surface area contributed by atoms with Gasteiger partial charge in [0.2, 0.25) is 0 Å². The zero-order valence-electron chi connectivity index (χ0n) is 12.9. The number of hydrogen-bond donors (Lipinski definition) is 2. The molecule has 0 unspecified atom stereocenters. The lowest BCUT2D eigenvalue weighted by Gasteiger charge is -2.20. The number of aromatic amines is 1. The molecule has 5 nitrogen and oxygen atoms in total. The third kappa shape index (κ3) is 2.51. The molecule has 0 saturated carbocycles. The van der Waals surface area contributed by atoms with E-state index in [0.717, 1.165) is 16.6 Å². The number of nitrogens with zero attached hydrogens (tertiary/aromatic N) is 2. The topological polar surface area (TPSA) is 76.7 Å². The molecule has 6 heteroatoms. The summed E-state index contributed by atoms with van der Waals surface area (Å²) in [5.41, 5.74) is 7.96. The number of pyridine rings is 1. The highest BCUT2D eigenvalue weighted by Gasteiger charge is 2.17. The van der Waals surface area contributed by atoms with E-state index in [9.17, 15) is 4.79 Å². The van der Waals surface area contributed by atoms with Crippen LogP contribution in [0, 0.1) is 6.92 Å². The van der Waals surface area contributed by atoms with Crippen LogP contribution in [0.5, 0.6) is 0 Å². The first-order chi connectivity index (χ1) is 10.3. The fourth-order valence-electron chi connectivity index (χ4n) is 2.69. The fourth-order valence-corrected chi connectivity index (χ4v) is 2.86. The van der Waals surface area contributed by atoms with Gasteiger partial charge in [-0.25, -0.2) is 0 Å². The Morgan fingerprint density at radius 1 is 1.41 bits per heavy atom. The van der Waals surface area contributed by atoms with Gasteiger partial charge in [0, 0.05) is 28.2 Å². The minimum absolute atomic E-state index is 0.0414. The highest BCUT2D eigenvalue weighted by atomic mass is 35.5. The molecule has 0 aliphatic heterocycles. The Hall–Kier alpha value is -1.85. The first-order valence-electron chi connectivity index (χ1n) is 7.23. The molecule has 3 aromatic rings. The summed E-state index contributed by atoms with van der Waals surface area (Å²) < 4.78 is 1.77. The van der Waals surface area contributed by atoms with Crippen LogP contribution in [-0.2, 0) is 6.54 Å². The second-order valence-electron chi connectivity index (χ2n) is 6.43. The van der Waals surface area contributed by atoms with Crippen LogP contribution in [0.15, 0.2) is 23.0 Å². The van der Waals surface area contributed by atoms with Crippen molar-refractivity contribution in [2.45, 2.75) is 39.3 Å². The Kier molecular flexibility index (Phi) is 3.50. The number of aromatic nitrogens is 3. The summed E-state index contributed by atoms with van der Waals surface area (Å²) >= 11 is 6.12. The van der Waals surface area contributed by atoms with Crippen LogP contribution in [0.3, 0.4) is 0 Å². The average Bonchev–Trinajstić information content (AvgIpc) is 2.80. The van der Waals surface area contributed by atoms with Crippen molar-refractivity contribution >= 4 is 33.4 Å². The normalized spacial score (nSPS) is 12.4. The highest BCUT2D eigenvalue weighted by Crippen LogP contribution is 2.26. The van der Waals surface area contributed by atoms with Crippen LogP contribution < -0.4 is 11.3 Å². The lowest BCUT2D eigenvalue weighted by Crippen LogP contribution is -2.35. The largest absolute Gasteiger partial charge is 0.325 e. The smallest absolute Gasteiger partial charge is 0.262 e. The van der Waals surface area contributed by atoms with Gasteiger partial charge in [0.25, 0.3) is 5.56 Å². The molecule has 1 aromatic carbocycles. The minimum atomic E-state index is -0.335. The number of aryl methyl sites for hydroxylation is 2.